The lowest BCUT2D eigenvalue weighted by Gasteiger charge is -2.38. The van der Waals surface area contributed by atoms with E-state index in [4.69, 9.17) is 5.73 Å². The van der Waals surface area contributed by atoms with Crippen LogP contribution < -0.4 is 5.73 Å². The number of hydrogen-bond donors (Lipinski definition) is 1. The molecule has 0 radical (unpaired) electrons. The topological polar surface area (TPSA) is 46.3 Å². The molecule has 1 fully saturated rings. The van der Waals surface area contributed by atoms with Crippen LogP contribution in [0.1, 0.15) is 19.3 Å². The van der Waals surface area contributed by atoms with Crippen molar-refractivity contribution in [1.82, 2.24) is 4.90 Å². The monoisotopic (exact) mass is 192 g/mol. The molecule has 0 aromatic heterocycles. The second-order valence-corrected chi connectivity index (χ2v) is 3.49. The second kappa shape index (κ2) is 4.00. The summed E-state index contributed by atoms with van der Waals surface area (Å²) in [6.07, 6.45) is 1.81. The summed E-state index contributed by atoms with van der Waals surface area (Å²) in [5.74, 6) is -2.81. The number of likely N-dealkylation sites (tertiary alicyclic amines) is 1. The van der Waals surface area contributed by atoms with Crippen LogP contribution in [-0.2, 0) is 4.79 Å². The molecule has 0 bridgehead atoms. The molecule has 1 aliphatic rings. The number of amides is 1. The molecule has 1 amide bonds. The Morgan fingerprint density at radius 2 is 2.00 bits per heavy atom. The molecule has 5 heteroatoms. The number of rotatable bonds is 5. The van der Waals surface area contributed by atoms with E-state index in [1.54, 1.807) is 4.90 Å². The fraction of sp³-hybridized carbons (Fsp3) is 0.875. The number of halogens is 2. The fourth-order valence-corrected chi connectivity index (χ4v) is 1.40. The normalized spacial score (nSPS) is 21.1. The molecule has 76 valence electrons. The Hall–Kier alpha value is -0.710. The second-order valence-electron chi connectivity index (χ2n) is 3.49. The highest BCUT2D eigenvalue weighted by atomic mass is 19.3. The van der Waals surface area contributed by atoms with Gasteiger partial charge in [-0.2, -0.15) is 0 Å². The summed E-state index contributed by atoms with van der Waals surface area (Å²) in [6, 6.07) is 0. The first kappa shape index (κ1) is 10.4. The third-order valence-corrected chi connectivity index (χ3v) is 2.06. The number of nitrogens with two attached hydrogens (primary N) is 1. The largest absolute Gasteiger partial charge is 0.370 e. The SMILES string of the molecule is NC(=O)CCCCN1CC(F)(F)C1. The Kier molecular flexibility index (Phi) is 3.19. The molecule has 0 aliphatic carbocycles. The Morgan fingerprint density at radius 1 is 1.38 bits per heavy atom. The summed E-state index contributed by atoms with van der Waals surface area (Å²) in [7, 11) is 0. The molecule has 0 aromatic rings. The highest BCUT2D eigenvalue weighted by Gasteiger charge is 2.42. The van der Waals surface area contributed by atoms with E-state index in [1.807, 2.05) is 0 Å². The van der Waals surface area contributed by atoms with E-state index in [9.17, 15) is 13.6 Å². The van der Waals surface area contributed by atoms with Crippen LogP contribution in [0, 0.1) is 0 Å². The van der Waals surface area contributed by atoms with Crippen molar-refractivity contribution in [3.05, 3.63) is 0 Å². The molecule has 1 rings (SSSR count). The molecule has 2 N–H and O–H groups in total. The first-order valence-electron chi connectivity index (χ1n) is 4.38. The number of carbonyl (C=O) groups is 1. The van der Waals surface area contributed by atoms with E-state index in [-0.39, 0.29) is 19.0 Å². The van der Waals surface area contributed by atoms with Crippen LogP contribution in [0.5, 0.6) is 0 Å². The minimum atomic E-state index is -2.48. The Bertz CT molecular complexity index is 189. The molecule has 0 saturated carbocycles. The summed E-state index contributed by atoms with van der Waals surface area (Å²) >= 11 is 0. The van der Waals surface area contributed by atoms with Crippen LogP contribution in [0.4, 0.5) is 8.78 Å². The highest BCUT2D eigenvalue weighted by molar-refractivity contribution is 5.73. The van der Waals surface area contributed by atoms with E-state index in [0.29, 0.717) is 19.4 Å². The third-order valence-electron chi connectivity index (χ3n) is 2.06. The van der Waals surface area contributed by atoms with Crippen molar-refractivity contribution < 1.29 is 13.6 Å². The maximum absolute atomic E-state index is 12.3. The van der Waals surface area contributed by atoms with Crippen LogP contribution in [-0.4, -0.2) is 36.4 Å². The van der Waals surface area contributed by atoms with Gasteiger partial charge in [-0.1, -0.05) is 0 Å². The van der Waals surface area contributed by atoms with E-state index in [0.717, 1.165) is 6.42 Å². The summed E-state index contributed by atoms with van der Waals surface area (Å²) in [6.45, 7) is 0.371. The van der Waals surface area contributed by atoms with Gasteiger partial charge in [-0.25, -0.2) is 8.78 Å². The van der Waals surface area contributed by atoms with Gasteiger partial charge in [-0.3, -0.25) is 9.69 Å². The van der Waals surface area contributed by atoms with E-state index < -0.39 is 5.92 Å². The van der Waals surface area contributed by atoms with Gasteiger partial charge in [0.15, 0.2) is 0 Å². The summed E-state index contributed by atoms with van der Waals surface area (Å²) in [4.78, 5) is 12.0. The maximum atomic E-state index is 12.3. The molecule has 0 unspecified atom stereocenters. The van der Waals surface area contributed by atoms with Crippen molar-refractivity contribution >= 4 is 5.91 Å². The molecule has 1 saturated heterocycles. The van der Waals surface area contributed by atoms with Gasteiger partial charge in [-0.15, -0.1) is 0 Å². The van der Waals surface area contributed by atoms with Gasteiger partial charge < -0.3 is 5.73 Å². The zero-order valence-corrected chi connectivity index (χ0v) is 7.43. The van der Waals surface area contributed by atoms with Crippen molar-refractivity contribution in [2.24, 2.45) is 5.73 Å². The number of primary amides is 1. The Labute approximate surface area is 75.9 Å². The lowest BCUT2D eigenvalue weighted by Crippen LogP contribution is -2.56. The Morgan fingerprint density at radius 3 is 2.46 bits per heavy atom. The van der Waals surface area contributed by atoms with Crippen molar-refractivity contribution in [1.29, 1.82) is 0 Å². The van der Waals surface area contributed by atoms with Crippen LogP contribution in [0.25, 0.3) is 0 Å². The quantitative estimate of drug-likeness (QED) is 0.648. The molecule has 0 aromatic carbocycles. The standard InChI is InChI=1S/C8H14F2N2O/c9-8(10)5-12(6-8)4-2-1-3-7(11)13/h1-6H2,(H2,11,13). The van der Waals surface area contributed by atoms with Gasteiger partial charge in [0.25, 0.3) is 5.92 Å². The average molecular weight is 192 g/mol. The van der Waals surface area contributed by atoms with E-state index in [1.165, 1.54) is 0 Å². The maximum Gasteiger partial charge on any atom is 0.272 e. The van der Waals surface area contributed by atoms with Crippen molar-refractivity contribution in [3.63, 3.8) is 0 Å². The predicted molar refractivity (Wildman–Crippen MR) is 44.4 cm³/mol. The van der Waals surface area contributed by atoms with Gasteiger partial charge in [0, 0.05) is 6.42 Å². The van der Waals surface area contributed by atoms with Crippen molar-refractivity contribution in [2.75, 3.05) is 19.6 Å². The minimum Gasteiger partial charge on any atom is -0.370 e. The summed E-state index contributed by atoms with van der Waals surface area (Å²) in [5.41, 5.74) is 4.93. The minimum absolute atomic E-state index is 0.135. The first-order valence-corrected chi connectivity index (χ1v) is 4.38. The fourth-order valence-electron chi connectivity index (χ4n) is 1.40. The summed E-state index contributed by atoms with van der Waals surface area (Å²) < 4.78 is 24.6. The van der Waals surface area contributed by atoms with E-state index in [2.05, 4.69) is 0 Å². The number of carbonyl (C=O) groups excluding carboxylic acids is 1. The smallest absolute Gasteiger partial charge is 0.272 e. The van der Waals surface area contributed by atoms with E-state index >= 15 is 0 Å². The van der Waals surface area contributed by atoms with Crippen LogP contribution >= 0.6 is 0 Å². The van der Waals surface area contributed by atoms with Crippen molar-refractivity contribution in [2.45, 2.75) is 25.2 Å². The van der Waals surface area contributed by atoms with Gasteiger partial charge in [0.05, 0.1) is 13.1 Å². The Balaban J connectivity index is 1.94. The number of nitrogens with zero attached hydrogens (tertiary/aromatic N) is 1. The molecule has 1 heterocycles. The first-order chi connectivity index (χ1) is 5.99. The molecule has 3 nitrogen and oxygen atoms in total. The highest BCUT2D eigenvalue weighted by Crippen LogP contribution is 2.26. The van der Waals surface area contributed by atoms with Crippen LogP contribution in [0.15, 0.2) is 0 Å². The summed E-state index contributed by atoms with van der Waals surface area (Å²) in [5, 5.41) is 0. The molecule has 1 aliphatic heterocycles. The van der Waals surface area contributed by atoms with Crippen molar-refractivity contribution in [3.8, 4) is 0 Å². The zero-order valence-electron chi connectivity index (χ0n) is 7.43. The molecule has 0 spiro atoms. The van der Waals surface area contributed by atoms with Gasteiger partial charge >= 0.3 is 0 Å². The molecular formula is C8H14F2N2O. The predicted octanol–water partition coefficient (Wildman–Crippen LogP) is 0.593. The molecule has 0 atom stereocenters. The number of hydrogen-bond acceptors (Lipinski definition) is 2. The third kappa shape index (κ3) is 3.67. The van der Waals surface area contributed by atoms with Crippen LogP contribution in [0.3, 0.4) is 0 Å². The number of alkyl halides is 2. The van der Waals surface area contributed by atoms with Gasteiger partial charge in [0.1, 0.15) is 0 Å². The zero-order chi connectivity index (χ0) is 9.90. The number of unbranched alkanes of at least 4 members (excludes halogenated alkanes) is 1. The van der Waals surface area contributed by atoms with Gasteiger partial charge in [-0.05, 0) is 19.4 Å². The average Bonchev–Trinajstić information content (AvgIpc) is 1.93. The van der Waals surface area contributed by atoms with Crippen LogP contribution in [0.2, 0.25) is 0 Å². The molecular weight excluding hydrogens is 178 g/mol. The van der Waals surface area contributed by atoms with Gasteiger partial charge in [0.2, 0.25) is 5.91 Å². The molecule has 13 heavy (non-hydrogen) atoms. The lowest BCUT2D eigenvalue weighted by atomic mass is 10.1. The lowest BCUT2D eigenvalue weighted by molar-refractivity contribution is -0.131.